The topological polar surface area (TPSA) is 33.6 Å². The molecule has 0 fully saturated rings. The number of rotatable bonds is 4. The van der Waals surface area contributed by atoms with Crippen molar-refractivity contribution >= 4 is 107 Å². The summed E-state index contributed by atoms with van der Waals surface area (Å²) in [7, 11) is 0. The first-order valence-corrected chi connectivity index (χ1v) is 23.2. The zero-order valence-corrected chi connectivity index (χ0v) is 36.8. The summed E-state index contributed by atoms with van der Waals surface area (Å²) in [5.41, 5.74) is 1.66. The Bertz CT molecular complexity index is 4300. The number of nitriles is 1. The second-order valence-corrected chi connectivity index (χ2v) is 19.0. The number of thiophene rings is 2. The molecular weight excluding hydrogens is 905 g/mol. The zero-order valence-electron chi connectivity index (χ0n) is 35.2. The highest BCUT2D eigenvalue weighted by atomic mass is 32.1. The van der Waals surface area contributed by atoms with Gasteiger partial charge in [-0.1, -0.05) is 109 Å². The van der Waals surface area contributed by atoms with Crippen LogP contribution in [0.15, 0.2) is 176 Å². The lowest BCUT2D eigenvalue weighted by Crippen LogP contribution is -2.14. The van der Waals surface area contributed by atoms with E-state index in [9.17, 15) is 31.6 Å². The first-order valence-electron chi connectivity index (χ1n) is 21.6. The van der Waals surface area contributed by atoms with Gasteiger partial charge in [0.1, 0.15) is 0 Å². The minimum absolute atomic E-state index is 0.253. The predicted molar refractivity (Wildman–Crippen MR) is 266 cm³/mol. The quantitative estimate of drug-likeness (QED) is 0.162. The van der Waals surface area contributed by atoms with Crippen molar-refractivity contribution in [2.75, 3.05) is 0 Å². The van der Waals surface area contributed by atoms with Gasteiger partial charge in [-0.2, -0.15) is 31.6 Å². The summed E-state index contributed by atoms with van der Waals surface area (Å²) < 4.78 is 98.2. The molecule has 0 aliphatic heterocycles. The summed E-state index contributed by atoms with van der Waals surface area (Å²) in [4.78, 5) is 0. The van der Waals surface area contributed by atoms with E-state index in [1.54, 1.807) is 40.9 Å². The van der Waals surface area contributed by atoms with Crippen molar-refractivity contribution < 1.29 is 26.3 Å². The number of halogens is 6. The van der Waals surface area contributed by atoms with Crippen molar-refractivity contribution in [1.82, 2.24) is 9.13 Å². The maximum Gasteiger partial charge on any atom is 0.417 e. The van der Waals surface area contributed by atoms with Crippen LogP contribution in [0.2, 0.25) is 0 Å². The van der Waals surface area contributed by atoms with Crippen molar-refractivity contribution in [2.24, 2.45) is 0 Å². The maximum absolute atomic E-state index is 15.0. The van der Waals surface area contributed by atoms with Gasteiger partial charge in [-0.25, -0.2) is 0 Å². The molecular formula is C57H29F6N3S2. The van der Waals surface area contributed by atoms with E-state index in [0.717, 1.165) is 84.5 Å². The molecule has 0 amide bonds. The molecule has 0 N–H and O–H groups in total. The summed E-state index contributed by atoms with van der Waals surface area (Å²) in [5.74, 6) is 0. The number of fused-ring (bicyclic) bond motifs is 14. The largest absolute Gasteiger partial charge is 0.417 e. The van der Waals surface area contributed by atoms with Crippen LogP contribution < -0.4 is 0 Å². The third-order valence-corrected chi connectivity index (χ3v) is 15.6. The van der Waals surface area contributed by atoms with E-state index in [0.29, 0.717) is 45.7 Å². The molecule has 0 radical (unpaired) electrons. The fourth-order valence-electron chi connectivity index (χ4n) is 10.4. The number of hydrogen-bond donors (Lipinski definition) is 0. The van der Waals surface area contributed by atoms with Crippen molar-refractivity contribution in [1.29, 1.82) is 5.26 Å². The standard InChI is InChI=1S/C57H29F6N3S2/c58-56(59,60)41-14-9-15-42(57(61,62)63)51(41)32-21-23-34(48(29-32)66-44-17-6-2-13-40(44)53-46(66)27-25-38-36-11-4-8-19-50(36)68-55(38)53)33-22-20-31(30-64)28-47(33)65-43-16-5-1-12-39(43)52-45(65)26-24-37-35-10-3-7-18-49(35)67-54(37)52/h1-29H. The molecule has 0 aliphatic carbocycles. The Morgan fingerprint density at radius 1 is 0.412 bits per heavy atom. The fraction of sp³-hybridized carbons (Fsp3) is 0.0351. The summed E-state index contributed by atoms with van der Waals surface area (Å²) in [6, 6.07) is 54.7. The van der Waals surface area contributed by atoms with Crippen LogP contribution in [-0.4, -0.2) is 9.13 Å². The molecule has 326 valence electrons. The summed E-state index contributed by atoms with van der Waals surface area (Å²) in [5, 5.41) is 18.6. The Morgan fingerprint density at radius 3 is 1.37 bits per heavy atom. The molecule has 0 saturated carbocycles. The molecule has 11 heteroatoms. The van der Waals surface area contributed by atoms with Crippen LogP contribution in [-0.2, 0) is 12.4 Å². The van der Waals surface area contributed by atoms with Crippen molar-refractivity contribution in [3.8, 4) is 39.7 Å². The van der Waals surface area contributed by atoms with Crippen LogP contribution in [0.1, 0.15) is 16.7 Å². The van der Waals surface area contributed by atoms with E-state index in [4.69, 9.17) is 0 Å². The Hall–Kier alpha value is -7.91. The molecule has 3 nitrogen and oxygen atoms in total. The van der Waals surface area contributed by atoms with E-state index in [1.165, 1.54) is 12.1 Å². The van der Waals surface area contributed by atoms with Crippen molar-refractivity contribution in [3.63, 3.8) is 0 Å². The lowest BCUT2D eigenvalue weighted by molar-refractivity contribution is -0.142. The van der Waals surface area contributed by atoms with E-state index < -0.39 is 29.0 Å². The minimum Gasteiger partial charge on any atom is -0.309 e. The summed E-state index contributed by atoms with van der Waals surface area (Å²) in [6.45, 7) is 0. The molecule has 4 aromatic heterocycles. The summed E-state index contributed by atoms with van der Waals surface area (Å²) in [6.07, 6.45) is -10.2. The zero-order chi connectivity index (χ0) is 46.2. The molecule has 13 rings (SSSR count). The lowest BCUT2D eigenvalue weighted by atomic mass is 9.90. The molecule has 9 aromatic carbocycles. The number of hydrogen-bond acceptors (Lipinski definition) is 3. The van der Waals surface area contributed by atoms with E-state index in [1.807, 2.05) is 89.5 Å². The molecule has 0 atom stereocenters. The number of benzene rings is 9. The SMILES string of the molecule is N#Cc1ccc(-c2ccc(-c3c(C(F)(F)F)cccc3C(F)(F)F)cc2-n2c3ccccc3c3c4sc5ccccc5c4ccc32)c(-n2c3ccccc3c3c4sc5ccccc5c4ccc32)c1. The second kappa shape index (κ2) is 14.5. The molecule has 4 heterocycles. The first kappa shape index (κ1) is 40.4. The molecule has 68 heavy (non-hydrogen) atoms. The highest BCUT2D eigenvalue weighted by Crippen LogP contribution is 2.50. The maximum atomic E-state index is 15.0. The molecule has 0 spiro atoms. The van der Waals surface area contributed by atoms with Crippen LogP contribution in [0.25, 0.3) is 118 Å². The summed E-state index contributed by atoms with van der Waals surface area (Å²) >= 11 is 3.34. The van der Waals surface area contributed by atoms with Crippen LogP contribution in [0.5, 0.6) is 0 Å². The van der Waals surface area contributed by atoms with Crippen molar-refractivity contribution in [2.45, 2.75) is 12.4 Å². The van der Waals surface area contributed by atoms with Crippen molar-refractivity contribution in [3.05, 3.63) is 193 Å². The number of para-hydroxylation sites is 2. The molecule has 0 aliphatic rings. The minimum atomic E-state index is -5.11. The van der Waals surface area contributed by atoms with Gasteiger partial charge in [0.15, 0.2) is 0 Å². The van der Waals surface area contributed by atoms with E-state index >= 15 is 0 Å². The van der Waals surface area contributed by atoms with Crippen LogP contribution >= 0.6 is 22.7 Å². The van der Waals surface area contributed by atoms with Gasteiger partial charge in [0.25, 0.3) is 0 Å². The molecule has 0 saturated heterocycles. The van der Waals surface area contributed by atoms with Crippen LogP contribution in [0.4, 0.5) is 26.3 Å². The highest BCUT2D eigenvalue weighted by Gasteiger charge is 2.41. The number of aromatic nitrogens is 2. The third-order valence-electron chi connectivity index (χ3n) is 13.2. The number of alkyl halides is 6. The molecule has 0 unspecified atom stereocenters. The Kier molecular flexibility index (Phi) is 8.63. The van der Waals surface area contributed by atoms with Gasteiger partial charge in [-0.15, -0.1) is 22.7 Å². The Balaban J connectivity index is 1.18. The Morgan fingerprint density at radius 2 is 0.868 bits per heavy atom. The van der Waals surface area contributed by atoms with Gasteiger partial charge in [0, 0.05) is 78.6 Å². The third kappa shape index (κ3) is 5.84. The lowest BCUT2D eigenvalue weighted by Gasteiger charge is -2.22. The van der Waals surface area contributed by atoms with Gasteiger partial charge in [0.05, 0.1) is 56.2 Å². The van der Waals surface area contributed by atoms with E-state index in [2.05, 4.69) is 53.1 Å². The Labute approximate surface area is 390 Å². The highest BCUT2D eigenvalue weighted by molar-refractivity contribution is 7.27. The van der Waals surface area contributed by atoms with Gasteiger partial charge in [-0.05, 0) is 72.3 Å². The van der Waals surface area contributed by atoms with Crippen LogP contribution in [0.3, 0.4) is 0 Å². The van der Waals surface area contributed by atoms with E-state index in [-0.39, 0.29) is 5.56 Å². The molecule has 0 bridgehead atoms. The normalized spacial score (nSPS) is 12.5. The van der Waals surface area contributed by atoms with Gasteiger partial charge < -0.3 is 9.13 Å². The van der Waals surface area contributed by atoms with Crippen LogP contribution in [0, 0.1) is 11.3 Å². The molecule has 13 aromatic rings. The average Bonchev–Trinajstić information content (AvgIpc) is 4.10. The average molecular weight is 934 g/mol. The monoisotopic (exact) mass is 933 g/mol. The smallest absolute Gasteiger partial charge is 0.309 e. The predicted octanol–water partition coefficient (Wildman–Crippen LogP) is 17.9. The second-order valence-electron chi connectivity index (χ2n) is 16.9. The number of nitrogens with zero attached hydrogens (tertiary/aromatic N) is 3. The van der Waals surface area contributed by atoms with Gasteiger partial charge in [0.2, 0.25) is 0 Å². The van der Waals surface area contributed by atoms with Gasteiger partial charge >= 0.3 is 12.4 Å². The van der Waals surface area contributed by atoms with Gasteiger partial charge in [-0.3, -0.25) is 0 Å². The fourth-order valence-corrected chi connectivity index (χ4v) is 13.0. The first-order chi connectivity index (χ1) is 33.0.